The van der Waals surface area contributed by atoms with Gasteiger partial charge < -0.3 is 15.4 Å². The van der Waals surface area contributed by atoms with Gasteiger partial charge in [0.2, 0.25) is 5.91 Å². The van der Waals surface area contributed by atoms with Crippen molar-refractivity contribution in [2.45, 2.75) is 6.42 Å². The highest BCUT2D eigenvalue weighted by Crippen LogP contribution is 2.17. The Balaban J connectivity index is 2.46. The Bertz CT molecular complexity index is 320. The number of carbonyl (C=O) groups excluding carboxylic acids is 1. The van der Waals surface area contributed by atoms with Crippen molar-refractivity contribution in [3.8, 4) is 5.75 Å². The summed E-state index contributed by atoms with van der Waals surface area (Å²) in [5.41, 5.74) is 6.10. The van der Waals surface area contributed by atoms with Crippen molar-refractivity contribution < 1.29 is 9.53 Å². The molecule has 82 valence electrons. The van der Waals surface area contributed by atoms with E-state index in [9.17, 15) is 4.79 Å². The highest BCUT2D eigenvalue weighted by Gasteiger charge is 1.98. The minimum Gasteiger partial charge on any atom is -0.493 e. The van der Waals surface area contributed by atoms with Crippen LogP contribution in [0.25, 0.3) is 0 Å². The number of nitrogens with zero attached hydrogens (tertiary/aromatic N) is 1. The van der Waals surface area contributed by atoms with E-state index in [0.29, 0.717) is 6.61 Å². The number of primary amides is 1. The Morgan fingerprint density at radius 3 is 2.40 bits per heavy atom. The van der Waals surface area contributed by atoms with E-state index in [1.165, 1.54) is 0 Å². The molecule has 0 saturated carbocycles. The average molecular weight is 208 g/mol. The van der Waals surface area contributed by atoms with Gasteiger partial charge in [-0.15, -0.1) is 0 Å². The number of carbonyl (C=O) groups is 1. The van der Waals surface area contributed by atoms with Gasteiger partial charge in [-0.2, -0.15) is 0 Å². The van der Waals surface area contributed by atoms with E-state index >= 15 is 0 Å². The van der Waals surface area contributed by atoms with Gasteiger partial charge in [0.1, 0.15) is 5.75 Å². The van der Waals surface area contributed by atoms with Gasteiger partial charge in [0.05, 0.1) is 13.0 Å². The van der Waals surface area contributed by atoms with Gasteiger partial charge >= 0.3 is 0 Å². The molecule has 0 spiro atoms. The van der Waals surface area contributed by atoms with Crippen LogP contribution < -0.4 is 15.4 Å². The summed E-state index contributed by atoms with van der Waals surface area (Å²) in [5, 5.41) is 0. The van der Waals surface area contributed by atoms with E-state index in [0.717, 1.165) is 11.4 Å². The van der Waals surface area contributed by atoms with E-state index in [1.54, 1.807) is 0 Å². The number of anilines is 1. The Kier molecular flexibility index (Phi) is 3.97. The van der Waals surface area contributed by atoms with Crippen LogP contribution in [-0.4, -0.2) is 26.6 Å². The van der Waals surface area contributed by atoms with E-state index in [-0.39, 0.29) is 12.3 Å². The minimum atomic E-state index is -0.347. The third-order valence-electron chi connectivity index (χ3n) is 1.97. The fraction of sp³-hybridized carbons (Fsp3) is 0.364. The quantitative estimate of drug-likeness (QED) is 0.785. The zero-order valence-corrected chi connectivity index (χ0v) is 9.06. The lowest BCUT2D eigenvalue weighted by atomic mass is 10.3. The summed E-state index contributed by atoms with van der Waals surface area (Å²) >= 11 is 0. The summed E-state index contributed by atoms with van der Waals surface area (Å²) in [7, 11) is 3.95. The van der Waals surface area contributed by atoms with Crippen molar-refractivity contribution in [3.63, 3.8) is 0 Å². The molecule has 0 aliphatic carbocycles. The van der Waals surface area contributed by atoms with Gasteiger partial charge in [0, 0.05) is 19.8 Å². The van der Waals surface area contributed by atoms with Gasteiger partial charge in [-0.1, -0.05) is 0 Å². The molecule has 4 nitrogen and oxygen atoms in total. The van der Waals surface area contributed by atoms with Crippen molar-refractivity contribution in [2.24, 2.45) is 5.73 Å². The smallest absolute Gasteiger partial charge is 0.220 e. The molecule has 1 aromatic rings. The van der Waals surface area contributed by atoms with Crippen LogP contribution in [-0.2, 0) is 4.79 Å². The van der Waals surface area contributed by atoms with E-state index < -0.39 is 0 Å². The molecular weight excluding hydrogens is 192 g/mol. The van der Waals surface area contributed by atoms with Crippen molar-refractivity contribution in [2.75, 3.05) is 25.6 Å². The maximum Gasteiger partial charge on any atom is 0.220 e. The van der Waals surface area contributed by atoms with Crippen molar-refractivity contribution >= 4 is 11.6 Å². The molecule has 0 unspecified atom stereocenters. The average Bonchev–Trinajstić information content (AvgIpc) is 2.18. The standard InChI is InChI=1S/C11H16N2O2/c1-13(2)9-3-5-10(6-4-9)15-8-7-11(12)14/h3-6H,7-8H2,1-2H3,(H2,12,14). The second kappa shape index (κ2) is 5.24. The SMILES string of the molecule is CN(C)c1ccc(OCCC(N)=O)cc1. The maximum absolute atomic E-state index is 10.5. The lowest BCUT2D eigenvalue weighted by Gasteiger charge is -2.12. The molecule has 4 heteroatoms. The molecule has 0 fully saturated rings. The normalized spacial score (nSPS) is 9.73. The molecule has 0 aromatic heterocycles. The summed E-state index contributed by atoms with van der Waals surface area (Å²) in [6.07, 6.45) is 0.245. The maximum atomic E-state index is 10.5. The predicted molar refractivity (Wildman–Crippen MR) is 60.1 cm³/mol. The molecule has 0 aliphatic rings. The van der Waals surface area contributed by atoms with E-state index in [1.807, 2.05) is 43.3 Å². The zero-order valence-electron chi connectivity index (χ0n) is 9.06. The largest absolute Gasteiger partial charge is 0.493 e. The number of benzene rings is 1. The number of hydrogen-bond donors (Lipinski definition) is 1. The third kappa shape index (κ3) is 3.89. The Morgan fingerprint density at radius 2 is 1.93 bits per heavy atom. The Hall–Kier alpha value is -1.71. The van der Waals surface area contributed by atoms with Gasteiger partial charge in [-0.25, -0.2) is 0 Å². The van der Waals surface area contributed by atoms with Crippen LogP contribution in [0.1, 0.15) is 6.42 Å². The highest BCUT2D eigenvalue weighted by molar-refractivity contribution is 5.73. The summed E-state index contributed by atoms with van der Waals surface area (Å²) in [5.74, 6) is 0.404. The fourth-order valence-corrected chi connectivity index (χ4v) is 1.11. The highest BCUT2D eigenvalue weighted by atomic mass is 16.5. The van der Waals surface area contributed by atoms with Gasteiger partial charge in [-0.3, -0.25) is 4.79 Å². The molecule has 0 radical (unpaired) electrons. The number of amides is 1. The van der Waals surface area contributed by atoms with Gasteiger partial charge in [-0.05, 0) is 24.3 Å². The molecule has 0 atom stereocenters. The lowest BCUT2D eigenvalue weighted by Crippen LogP contribution is -2.14. The molecule has 2 N–H and O–H groups in total. The van der Waals surface area contributed by atoms with Crippen LogP contribution in [0.4, 0.5) is 5.69 Å². The van der Waals surface area contributed by atoms with E-state index in [4.69, 9.17) is 10.5 Å². The third-order valence-corrected chi connectivity index (χ3v) is 1.97. The molecular formula is C11H16N2O2. The van der Waals surface area contributed by atoms with Gasteiger partial charge in [0.15, 0.2) is 0 Å². The first-order chi connectivity index (χ1) is 7.09. The summed E-state index contributed by atoms with van der Waals surface area (Å²) in [4.78, 5) is 12.5. The number of hydrogen-bond acceptors (Lipinski definition) is 3. The van der Waals surface area contributed by atoms with Crippen molar-refractivity contribution in [3.05, 3.63) is 24.3 Å². The van der Waals surface area contributed by atoms with E-state index in [2.05, 4.69) is 0 Å². The first-order valence-electron chi connectivity index (χ1n) is 4.78. The summed E-state index contributed by atoms with van der Waals surface area (Å²) in [6.45, 7) is 0.330. The second-order valence-electron chi connectivity index (χ2n) is 3.45. The van der Waals surface area contributed by atoms with Crippen LogP contribution in [0.5, 0.6) is 5.75 Å². The number of nitrogens with two attached hydrogens (primary N) is 1. The first kappa shape index (κ1) is 11.4. The lowest BCUT2D eigenvalue weighted by molar-refractivity contribution is -0.118. The molecule has 1 rings (SSSR count). The Morgan fingerprint density at radius 1 is 1.33 bits per heavy atom. The van der Waals surface area contributed by atoms with Crippen molar-refractivity contribution in [1.29, 1.82) is 0 Å². The molecule has 0 bridgehead atoms. The van der Waals surface area contributed by atoms with Crippen LogP contribution in [0.15, 0.2) is 24.3 Å². The Labute approximate surface area is 89.6 Å². The van der Waals surface area contributed by atoms with Gasteiger partial charge in [0.25, 0.3) is 0 Å². The molecule has 0 saturated heterocycles. The second-order valence-corrected chi connectivity index (χ2v) is 3.45. The van der Waals surface area contributed by atoms with Crippen LogP contribution in [0.3, 0.4) is 0 Å². The summed E-state index contributed by atoms with van der Waals surface area (Å²) < 4.78 is 5.33. The predicted octanol–water partition coefficient (Wildman–Crippen LogP) is 1.01. The number of ether oxygens (including phenoxy) is 1. The molecule has 15 heavy (non-hydrogen) atoms. The topological polar surface area (TPSA) is 55.6 Å². The van der Waals surface area contributed by atoms with Crippen LogP contribution >= 0.6 is 0 Å². The zero-order chi connectivity index (χ0) is 11.3. The first-order valence-corrected chi connectivity index (χ1v) is 4.78. The molecule has 0 aliphatic heterocycles. The minimum absolute atomic E-state index is 0.245. The number of rotatable bonds is 5. The monoisotopic (exact) mass is 208 g/mol. The fourth-order valence-electron chi connectivity index (χ4n) is 1.11. The summed E-state index contributed by atoms with van der Waals surface area (Å²) in [6, 6.07) is 7.66. The van der Waals surface area contributed by atoms with Crippen LogP contribution in [0, 0.1) is 0 Å². The molecule has 1 aromatic carbocycles. The van der Waals surface area contributed by atoms with Crippen LogP contribution in [0.2, 0.25) is 0 Å². The van der Waals surface area contributed by atoms with Crippen molar-refractivity contribution in [1.82, 2.24) is 0 Å². The molecule has 1 amide bonds. The molecule has 0 heterocycles.